The van der Waals surface area contributed by atoms with E-state index in [0.717, 1.165) is 5.56 Å². The molecule has 30 heavy (non-hydrogen) atoms. The Bertz CT molecular complexity index is 873. The Kier molecular flexibility index (Phi) is 8.61. The summed E-state index contributed by atoms with van der Waals surface area (Å²) in [5.41, 5.74) is 1.27. The largest absolute Gasteiger partial charge is 0.489 e. The van der Waals surface area contributed by atoms with Crippen LogP contribution in [-0.4, -0.2) is 44.2 Å². The zero-order chi connectivity index (χ0) is 21.9. The SMILES string of the molecule is COC(=O)CNC(=O)Cc1ccc(NC(=O)NCC(C)Oc2cccc(F)c2)cc1. The molecule has 0 aliphatic carbocycles. The van der Waals surface area contributed by atoms with E-state index in [1.807, 2.05) is 0 Å². The number of halogens is 1. The van der Waals surface area contributed by atoms with Crippen molar-refractivity contribution in [1.82, 2.24) is 10.6 Å². The number of carbonyl (C=O) groups excluding carboxylic acids is 3. The predicted octanol–water partition coefficient (Wildman–Crippen LogP) is 2.25. The van der Waals surface area contributed by atoms with Gasteiger partial charge in [-0.05, 0) is 36.8 Å². The molecule has 8 nitrogen and oxygen atoms in total. The summed E-state index contributed by atoms with van der Waals surface area (Å²) in [4.78, 5) is 34.8. The third-order valence-corrected chi connectivity index (χ3v) is 3.92. The first-order valence-corrected chi connectivity index (χ1v) is 9.25. The van der Waals surface area contributed by atoms with Gasteiger partial charge in [0.05, 0.1) is 20.1 Å². The molecular weight excluding hydrogens is 393 g/mol. The van der Waals surface area contributed by atoms with Crippen LogP contribution in [0.4, 0.5) is 14.9 Å². The van der Waals surface area contributed by atoms with Crippen LogP contribution in [-0.2, 0) is 20.7 Å². The van der Waals surface area contributed by atoms with Crippen LogP contribution in [0.1, 0.15) is 12.5 Å². The number of anilines is 1. The minimum Gasteiger partial charge on any atom is -0.489 e. The van der Waals surface area contributed by atoms with Gasteiger partial charge in [0.1, 0.15) is 24.2 Å². The zero-order valence-electron chi connectivity index (χ0n) is 16.7. The van der Waals surface area contributed by atoms with Crippen molar-refractivity contribution in [2.75, 3.05) is 25.5 Å². The van der Waals surface area contributed by atoms with E-state index in [1.54, 1.807) is 43.3 Å². The third kappa shape index (κ3) is 8.17. The molecule has 0 aliphatic rings. The Balaban J connectivity index is 1.73. The molecular formula is C21H24FN3O5. The van der Waals surface area contributed by atoms with Crippen molar-refractivity contribution in [3.8, 4) is 5.75 Å². The second kappa shape index (κ2) is 11.4. The molecule has 0 saturated carbocycles. The average Bonchev–Trinajstić information content (AvgIpc) is 2.72. The van der Waals surface area contributed by atoms with Crippen LogP contribution < -0.4 is 20.7 Å². The Morgan fingerprint density at radius 1 is 1.07 bits per heavy atom. The highest BCUT2D eigenvalue weighted by molar-refractivity contribution is 5.89. The van der Waals surface area contributed by atoms with Crippen molar-refractivity contribution >= 4 is 23.6 Å². The number of nitrogens with one attached hydrogen (secondary N) is 3. The third-order valence-electron chi connectivity index (χ3n) is 3.92. The van der Waals surface area contributed by atoms with E-state index in [2.05, 4.69) is 20.7 Å². The first-order valence-electron chi connectivity index (χ1n) is 9.25. The van der Waals surface area contributed by atoms with Crippen LogP contribution in [0.25, 0.3) is 0 Å². The number of benzene rings is 2. The van der Waals surface area contributed by atoms with Crippen LogP contribution >= 0.6 is 0 Å². The highest BCUT2D eigenvalue weighted by atomic mass is 19.1. The molecule has 3 N–H and O–H groups in total. The van der Waals surface area contributed by atoms with Gasteiger partial charge in [-0.15, -0.1) is 0 Å². The number of methoxy groups -OCH3 is 1. The quantitative estimate of drug-likeness (QED) is 0.543. The van der Waals surface area contributed by atoms with E-state index in [0.29, 0.717) is 11.4 Å². The van der Waals surface area contributed by atoms with Gasteiger partial charge in [-0.25, -0.2) is 9.18 Å². The van der Waals surface area contributed by atoms with Gasteiger partial charge in [0.15, 0.2) is 0 Å². The van der Waals surface area contributed by atoms with Crippen molar-refractivity contribution in [1.29, 1.82) is 0 Å². The minimum absolute atomic E-state index is 0.0956. The van der Waals surface area contributed by atoms with Crippen LogP contribution in [0, 0.1) is 5.82 Å². The number of hydrogen-bond acceptors (Lipinski definition) is 5. The maximum Gasteiger partial charge on any atom is 0.325 e. The number of carbonyl (C=O) groups is 3. The van der Waals surface area contributed by atoms with Crippen molar-refractivity contribution in [2.24, 2.45) is 0 Å². The lowest BCUT2D eigenvalue weighted by Crippen LogP contribution is -2.36. The summed E-state index contributed by atoms with van der Waals surface area (Å²) < 4.78 is 23.1. The van der Waals surface area contributed by atoms with Gasteiger partial charge in [0, 0.05) is 11.8 Å². The second-order valence-corrected chi connectivity index (χ2v) is 6.45. The fourth-order valence-corrected chi connectivity index (χ4v) is 2.42. The molecule has 0 heterocycles. The number of urea groups is 1. The van der Waals surface area contributed by atoms with E-state index < -0.39 is 17.8 Å². The predicted molar refractivity (Wildman–Crippen MR) is 109 cm³/mol. The summed E-state index contributed by atoms with van der Waals surface area (Å²) in [6.07, 6.45) is -0.262. The van der Waals surface area contributed by atoms with E-state index in [9.17, 15) is 18.8 Å². The van der Waals surface area contributed by atoms with Crippen LogP contribution in [0.15, 0.2) is 48.5 Å². The fraction of sp³-hybridized carbons (Fsp3) is 0.286. The Morgan fingerprint density at radius 3 is 2.47 bits per heavy atom. The normalized spacial score (nSPS) is 11.2. The van der Waals surface area contributed by atoms with Crippen LogP contribution in [0.3, 0.4) is 0 Å². The molecule has 3 amide bonds. The lowest BCUT2D eigenvalue weighted by Gasteiger charge is -2.16. The van der Waals surface area contributed by atoms with Gasteiger partial charge in [-0.3, -0.25) is 9.59 Å². The van der Waals surface area contributed by atoms with Gasteiger partial charge >= 0.3 is 12.0 Å². The molecule has 0 aromatic heterocycles. The van der Waals surface area contributed by atoms with Gasteiger partial charge in [0.2, 0.25) is 5.91 Å². The molecule has 0 bridgehead atoms. The molecule has 160 valence electrons. The molecule has 0 fully saturated rings. The highest BCUT2D eigenvalue weighted by Gasteiger charge is 2.09. The van der Waals surface area contributed by atoms with E-state index in [4.69, 9.17) is 4.74 Å². The molecule has 0 radical (unpaired) electrons. The van der Waals surface area contributed by atoms with Crippen molar-refractivity contribution < 1.29 is 28.2 Å². The topological polar surface area (TPSA) is 106 Å². The smallest absolute Gasteiger partial charge is 0.325 e. The molecule has 2 aromatic carbocycles. The van der Waals surface area contributed by atoms with Gasteiger partial charge in [-0.2, -0.15) is 0 Å². The lowest BCUT2D eigenvalue weighted by atomic mass is 10.1. The van der Waals surface area contributed by atoms with E-state index >= 15 is 0 Å². The second-order valence-electron chi connectivity index (χ2n) is 6.45. The molecule has 2 rings (SSSR count). The van der Waals surface area contributed by atoms with E-state index in [1.165, 1.54) is 19.2 Å². The number of hydrogen-bond donors (Lipinski definition) is 3. The standard InChI is InChI=1S/C21H24FN3O5/c1-14(30-18-5-3-4-16(22)11-18)12-24-21(28)25-17-8-6-15(7-9-17)10-19(26)23-13-20(27)29-2/h3-9,11,14H,10,12-13H2,1-2H3,(H,23,26)(H2,24,25,28). The van der Waals surface area contributed by atoms with Gasteiger partial charge in [-0.1, -0.05) is 18.2 Å². The first kappa shape index (κ1) is 22.7. The van der Waals surface area contributed by atoms with Gasteiger partial charge < -0.3 is 25.4 Å². The molecule has 0 spiro atoms. The molecule has 0 aliphatic heterocycles. The van der Waals surface area contributed by atoms with Gasteiger partial charge in [0.25, 0.3) is 0 Å². The number of amides is 3. The first-order chi connectivity index (χ1) is 14.4. The Hall–Kier alpha value is -3.62. The molecule has 1 atom stereocenters. The molecule has 1 unspecified atom stereocenters. The van der Waals surface area contributed by atoms with Crippen molar-refractivity contribution in [3.63, 3.8) is 0 Å². The summed E-state index contributed by atoms with van der Waals surface area (Å²) in [5.74, 6) is -0.846. The zero-order valence-corrected chi connectivity index (χ0v) is 16.7. The van der Waals surface area contributed by atoms with Crippen molar-refractivity contribution in [2.45, 2.75) is 19.4 Å². The average molecular weight is 417 g/mol. The number of ether oxygens (including phenoxy) is 2. The number of esters is 1. The highest BCUT2D eigenvalue weighted by Crippen LogP contribution is 2.14. The maximum absolute atomic E-state index is 13.2. The van der Waals surface area contributed by atoms with Crippen LogP contribution in [0.5, 0.6) is 5.75 Å². The Morgan fingerprint density at radius 2 is 1.80 bits per heavy atom. The minimum atomic E-state index is -0.524. The molecule has 9 heteroatoms. The molecule has 2 aromatic rings. The summed E-state index contributed by atoms with van der Waals surface area (Å²) in [7, 11) is 1.24. The fourth-order valence-electron chi connectivity index (χ4n) is 2.42. The van der Waals surface area contributed by atoms with E-state index in [-0.39, 0.29) is 31.5 Å². The van der Waals surface area contributed by atoms with Crippen molar-refractivity contribution in [3.05, 3.63) is 59.9 Å². The van der Waals surface area contributed by atoms with Crippen LogP contribution in [0.2, 0.25) is 0 Å². The summed E-state index contributed by atoms with van der Waals surface area (Å²) in [6.45, 7) is 1.79. The maximum atomic E-state index is 13.2. The monoisotopic (exact) mass is 417 g/mol. The summed E-state index contributed by atoms with van der Waals surface area (Å²) >= 11 is 0. The Labute approximate surface area is 173 Å². The summed E-state index contributed by atoms with van der Waals surface area (Å²) in [5, 5.41) is 7.79. The lowest BCUT2D eigenvalue weighted by molar-refractivity contribution is -0.141. The number of rotatable bonds is 9. The summed E-state index contributed by atoms with van der Waals surface area (Å²) in [6, 6.07) is 12.1. The molecule has 0 saturated heterocycles.